The molecule has 170 valence electrons. The van der Waals surface area contributed by atoms with Crippen LogP contribution in [0, 0.1) is 18.8 Å². The number of aromatic nitrogens is 3. The van der Waals surface area contributed by atoms with Gasteiger partial charge in [0.1, 0.15) is 0 Å². The Morgan fingerprint density at radius 3 is 2.50 bits per heavy atom. The largest absolute Gasteiger partial charge is 0.478 e. The van der Waals surface area contributed by atoms with E-state index in [1.54, 1.807) is 6.08 Å². The number of hydrogen-bond donors (Lipinski definition) is 2. The van der Waals surface area contributed by atoms with Gasteiger partial charge in [0, 0.05) is 18.5 Å². The lowest BCUT2D eigenvalue weighted by Gasteiger charge is -2.31. The van der Waals surface area contributed by atoms with Crippen molar-refractivity contribution in [1.29, 1.82) is 0 Å². The number of hydrogen-bond acceptors (Lipinski definition) is 3. The summed E-state index contributed by atoms with van der Waals surface area (Å²) in [5.41, 5.74) is 7.74. The first-order valence-corrected chi connectivity index (χ1v) is 11.3. The van der Waals surface area contributed by atoms with Crippen LogP contribution >= 0.6 is 0 Å². The molecule has 0 bridgehead atoms. The number of carbonyl (C=O) groups is 1. The van der Waals surface area contributed by atoms with E-state index in [0.29, 0.717) is 16.8 Å². The van der Waals surface area contributed by atoms with Gasteiger partial charge in [-0.25, -0.2) is 4.79 Å². The van der Waals surface area contributed by atoms with Gasteiger partial charge in [0.2, 0.25) is 5.95 Å². The van der Waals surface area contributed by atoms with Crippen LogP contribution in [0.25, 0.3) is 28.1 Å². The molecule has 2 N–H and O–H groups in total. The standard InChI is InChI=1S/C28H24FN3O2/c1-17-13-22(16-30-15-17)27(19-3-2-4-19)26(20-8-5-18(6-9-20)7-12-25(33)34)21-10-11-24-23(14-21)28(29)32-31-24/h5-16,19H,2-4H2,1H3,(H,31,32)(H,33,34). The summed E-state index contributed by atoms with van der Waals surface area (Å²) in [6.45, 7) is 2.03. The molecule has 4 aromatic rings. The molecule has 0 spiro atoms. The van der Waals surface area contributed by atoms with E-state index >= 15 is 0 Å². The van der Waals surface area contributed by atoms with E-state index in [1.807, 2.05) is 61.8 Å². The number of nitrogens with zero attached hydrogens (tertiary/aromatic N) is 2. The Balaban J connectivity index is 1.74. The van der Waals surface area contributed by atoms with Crippen molar-refractivity contribution in [1.82, 2.24) is 15.2 Å². The molecule has 0 aliphatic heterocycles. The molecule has 0 saturated heterocycles. The van der Waals surface area contributed by atoms with Crippen molar-refractivity contribution in [3.63, 3.8) is 0 Å². The average Bonchev–Trinajstić information content (AvgIpc) is 3.17. The van der Waals surface area contributed by atoms with Crippen molar-refractivity contribution in [2.75, 3.05) is 0 Å². The second-order valence-electron chi connectivity index (χ2n) is 8.74. The zero-order valence-electron chi connectivity index (χ0n) is 18.8. The number of benzene rings is 2. The van der Waals surface area contributed by atoms with Crippen LogP contribution in [0.5, 0.6) is 0 Å². The Morgan fingerprint density at radius 1 is 1.06 bits per heavy atom. The highest BCUT2D eigenvalue weighted by Gasteiger charge is 2.27. The number of H-pyrrole nitrogens is 1. The Bertz CT molecular complexity index is 1430. The third-order valence-electron chi connectivity index (χ3n) is 6.39. The lowest BCUT2D eigenvalue weighted by atomic mass is 9.73. The van der Waals surface area contributed by atoms with E-state index in [2.05, 4.69) is 21.2 Å². The molecule has 0 unspecified atom stereocenters. The first-order chi connectivity index (χ1) is 16.5. The Hall–Kier alpha value is -4.06. The van der Waals surface area contributed by atoms with E-state index in [4.69, 9.17) is 5.11 Å². The summed E-state index contributed by atoms with van der Waals surface area (Å²) in [6, 6.07) is 15.7. The van der Waals surface area contributed by atoms with Crippen LogP contribution in [0.1, 0.15) is 47.1 Å². The van der Waals surface area contributed by atoms with E-state index in [0.717, 1.165) is 52.3 Å². The highest BCUT2D eigenvalue weighted by molar-refractivity contribution is 6.01. The molecule has 0 radical (unpaired) electrons. The minimum Gasteiger partial charge on any atom is -0.478 e. The van der Waals surface area contributed by atoms with Gasteiger partial charge in [-0.2, -0.15) is 4.39 Å². The van der Waals surface area contributed by atoms with Gasteiger partial charge in [0.25, 0.3) is 0 Å². The number of aryl methyl sites for hydroxylation is 1. The summed E-state index contributed by atoms with van der Waals surface area (Å²) in [5, 5.41) is 15.8. The molecule has 2 aromatic heterocycles. The Labute approximate surface area is 196 Å². The topological polar surface area (TPSA) is 78.9 Å². The number of carboxylic acid groups (broad SMARTS) is 1. The number of fused-ring (bicyclic) bond motifs is 1. The van der Waals surface area contributed by atoms with Crippen molar-refractivity contribution in [2.45, 2.75) is 26.2 Å². The fraction of sp³-hybridized carbons (Fsp3) is 0.179. The second-order valence-corrected chi connectivity index (χ2v) is 8.74. The quantitative estimate of drug-likeness (QED) is 0.338. The minimum absolute atomic E-state index is 0.384. The predicted octanol–water partition coefficient (Wildman–Crippen LogP) is 6.26. The molecule has 2 heterocycles. The van der Waals surface area contributed by atoms with E-state index in [1.165, 1.54) is 12.0 Å². The maximum absolute atomic E-state index is 14.4. The van der Waals surface area contributed by atoms with E-state index in [-0.39, 0.29) is 0 Å². The third kappa shape index (κ3) is 4.27. The lowest BCUT2D eigenvalue weighted by molar-refractivity contribution is -0.131. The SMILES string of the molecule is Cc1cncc(C(=C(c2ccc(C=CC(=O)O)cc2)c2ccc3[nH]nc(F)c3c2)C2CCC2)c1. The Morgan fingerprint density at radius 2 is 1.82 bits per heavy atom. The molecule has 34 heavy (non-hydrogen) atoms. The fourth-order valence-corrected chi connectivity index (χ4v) is 4.53. The summed E-state index contributed by atoms with van der Waals surface area (Å²) < 4.78 is 14.4. The van der Waals surface area contributed by atoms with Gasteiger partial charge in [-0.1, -0.05) is 36.8 Å². The number of allylic oxidation sites excluding steroid dienone is 1. The van der Waals surface area contributed by atoms with Crippen molar-refractivity contribution >= 4 is 34.1 Å². The summed E-state index contributed by atoms with van der Waals surface area (Å²) in [5.74, 6) is -1.12. The highest BCUT2D eigenvalue weighted by Crippen LogP contribution is 2.45. The van der Waals surface area contributed by atoms with Crippen LogP contribution in [-0.4, -0.2) is 26.3 Å². The summed E-state index contributed by atoms with van der Waals surface area (Å²) in [7, 11) is 0. The first kappa shape index (κ1) is 21.8. The monoisotopic (exact) mass is 453 g/mol. The van der Waals surface area contributed by atoms with Crippen LogP contribution in [-0.2, 0) is 4.79 Å². The number of pyridine rings is 1. The molecule has 5 rings (SSSR count). The fourth-order valence-electron chi connectivity index (χ4n) is 4.53. The Kier molecular flexibility index (Phi) is 5.80. The normalized spacial score (nSPS) is 14.9. The van der Waals surface area contributed by atoms with Gasteiger partial charge < -0.3 is 5.11 Å². The van der Waals surface area contributed by atoms with Crippen LogP contribution in [0.15, 0.2) is 67.0 Å². The summed E-state index contributed by atoms with van der Waals surface area (Å²) in [4.78, 5) is 15.3. The number of carboxylic acids is 1. The average molecular weight is 454 g/mol. The number of rotatable bonds is 6. The van der Waals surface area contributed by atoms with Gasteiger partial charge in [0.05, 0.1) is 10.9 Å². The van der Waals surface area contributed by atoms with Gasteiger partial charge in [-0.05, 0) is 88.9 Å². The molecule has 1 aliphatic rings. The molecular weight excluding hydrogens is 429 g/mol. The van der Waals surface area contributed by atoms with Crippen molar-refractivity contribution < 1.29 is 14.3 Å². The van der Waals surface area contributed by atoms with Crippen molar-refractivity contribution in [3.05, 3.63) is 101 Å². The molecule has 6 heteroatoms. The molecule has 0 atom stereocenters. The molecule has 1 aliphatic carbocycles. The zero-order valence-corrected chi connectivity index (χ0v) is 18.8. The first-order valence-electron chi connectivity index (χ1n) is 11.3. The molecule has 5 nitrogen and oxygen atoms in total. The minimum atomic E-state index is -0.987. The summed E-state index contributed by atoms with van der Waals surface area (Å²) >= 11 is 0. The van der Waals surface area contributed by atoms with E-state index in [9.17, 15) is 9.18 Å². The lowest BCUT2D eigenvalue weighted by Crippen LogP contribution is -2.15. The number of halogens is 1. The van der Waals surface area contributed by atoms with Crippen LogP contribution in [0.4, 0.5) is 4.39 Å². The van der Waals surface area contributed by atoms with Crippen LogP contribution < -0.4 is 0 Å². The van der Waals surface area contributed by atoms with Crippen molar-refractivity contribution in [3.8, 4) is 0 Å². The van der Waals surface area contributed by atoms with Gasteiger partial charge in [-0.3, -0.25) is 10.1 Å². The molecule has 0 amide bonds. The molecule has 2 aromatic carbocycles. The third-order valence-corrected chi connectivity index (χ3v) is 6.39. The summed E-state index contributed by atoms with van der Waals surface area (Å²) in [6.07, 6.45) is 9.80. The second kappa shape index (κ2) is 9.06. The smallest absolute Gasteiger partial charge is 0.328 e. The predicted molar refractivity (Wildman–Crippen MR) is 131 cm³/mol. The van der Waals surface area contributed by atoms with E-state index < -0.39 is 11.9 Å². The van der Waals surface area contributed by atoms with Gasteiger partial charge >= 0.3 is 5.97 Å². The number of nitrogens with one attached hydrogen (secondary N) is 1. The van der Waals surface area contributed by atoms with Crippen LogP contribution in [0.2, 0.25) is 0 Å². The van der Waals surface area contributed by atoms with Gasteiger partial charge in [-0.15, -0.1) is 5.10 Å². The van der Waals surface area contributed by atoms with Gasteiger partial charge in [0.15, 0.2) is 0 Å². The van der Waals surface area contributed by atoms with Crippen LogP contribution in [0.3, 0.4) is 0 Å². The maximum atomic E-state index is 14.4. The highest BCUT2D eigenvalue weighted by atomic mass is 19.1. The maximum Gasteiger partial charge on any atom is 0.328 e. The zero-order chi connectivity index (χ0) is 23.7. The molecule has 1 fully saturated rings. The number of aliphatic carboxylic acids is 1. The number of aromatic amines is 1. The molecule has 1 saturated carbocycles. The van der Waals surface area contributed by atoms with Crippen molar-refractivity contribution in [2.24, 2.45) is 5.92 Å². The molecular formula is C28H24FN3O2.